The largest absolute Gasteiger partial charge is 0.344 e. The molecule has 0 amide bonds. The zero-order valence-electron chi connectivity index (χ0n) is 30.5. The fraction of sp³-hybridized carbons (Fsp3) is 0.125. The molecule has 6 heterocycles. The maximum atomic E-state index is 2.46. The number of rotatable bonds is 3. The smallest absolute Gasteiger partial charge is 0.0496 e. The topological polar surface area (TPSA) is 19.7 Å². The van der Waals surface area contributed by atoms with Crippen LogP contribution in [0.2, 0.25) is 0 Å². The quantitative estimate of drug-likeness (QED) is 0.177. The highest BCUT2D eigenvalue weighted by molar-refractivity contribution is 8.08. The average Bonchev–Trinajstić information content (AvgIpc) is 4.07. The summed E-state index contributed by atoms with van der Waals surface area (Å²) < 4.78 is 9.40. The third-order valence-corrected chi connectivity index (χ3v) is 15.2. The first-order chi connectivity index (χ1) is 26.4. The van der Waals surface area contributed by atoms with Gasteiger partial charge in [-0.25, -0.2) is 0 Å². The van der Waals surface area contributed by atoms with Gasteiger partial charge in [0.15, 0.2) is 0 Å². The molecule has 12 rings (SSSR count). The number of allylic oxidation sites excluding steroid dienone is 1. The first-order valence-corrected chi connectivity index (χ1v) is 20.4. The van der Waals surface area contributed by atoms with Crippen molar-refractivity contribution in [3.8, 4) is 10.4 Å². The first kappa shape index (κ1) is 30.7. The molecule has 0 saturated heterocycles. The van der Waals surface area contributed by atoms with Crippen LogP contribution in [0.15, 0.2) is 127 Å². The normalized spacial score (nSPS) is 15.2. The molecule has 0 radical (unpaired) electrons. The lowest BCUT2D eigenvalue weighted by atomic mass is 10.1. The molecular formula is C48H36N4S2. The molecule has 54 heavy (non-hydrogen) atoms. The van der Waals surface area contributed by atoms with Crippen LogP contribution >= 0.6 is 23.1 Å². The summed E-state index contributed by atoms with van der Waals surface area (Å²) in [6.45, 7) is 0. The molecule has 0 spiro atoms. The van der Waals surface area contributed by atoms with Crippen molar-refractivity contribution in [2.24, 2.45) is 28.2 Å². The van der Waals surface area contributed by atoms with Gasteiger partial charge in [-0.05, 0) is 90.3 Å². The molecule has 0 aliphatic carbocycles. The number of benzene rings is 6. The van der Waals surface area contributed by atoms with E-state index in [0.717, 1.165) is 6.42 Å². The van der Waals surface area contributed by atoms with Gasteiger partial charge in [0.2, 0.25) is 0 Å². The highest BCUT2D eigenvalue weighted by Crippen LogP contribution is 2.51. The molecule has 1 aliphatic rings. The van der Waals surface area contributed by atoms with Crippen LogP contribution in [0.25, 0.3) is 103 Å². The second-order valence-corrected chi connectivity index (χ2v) is 17.5. The first-order valence-electron chi connectivity index (χ1n) is 18.7. The second-order valence-electron chi connectivity index (χ2n) is 15.1. The maximum absolute atomic E-state index is 2.46. The molecule has 6 heteroatoms. The lowest BCUT2D eigenvalue weighted by molar-refractivity contribution is 1.01. The SMILES string of the molecule is Cn1c2ccccc2c2cc3c(cc21)c1cc(C2=CCC(c4ccc(-c5ccc6c(c5)c5cc7c(cc5n6C)c5ccccc5n7C)s4)S2)ccc1n3C. The van der Waals surface area contributed by atoms with E-state index in [1.165, 1.54) is 113 Å². The van der Waals surface area contributed by atoms with Crippen molar-refractivity contribution in [1.29, 1.82) is 0 Å². The molecule has 0 N–H and O–H groups in total. The second kappa shape index (κ2) is 10.9. The lowest BCUT2D eigenvalue weighted by Gasteiger charge is -2.09. The molecule has 4 nitrogen and oxygen atoms in total. The van der Waals surface area contributed by atoms with E-state index in [1.54, 1.807) is 0 Å². The van der Waals surface area contributed by atoms with E-state index >= 15 is 0 Å². The van der Waals surface area contributed by atoms with Crippen molar-refractivity contribution in [2.45, 2.75) is 11.7 Å². The number of nitrogens with zero attached hydrogens (tertiary/aromatic N) is 4. The number of hydrogen-bond acceptors (Lipinski definition) is 2. The van der Waals surface area contributed by atoms with E-state index in [0.29, 0.717) is 5.25 Å². The van der Waals surface area contributed by atoms with Crippen molar-refractivity contribution in [1.82, 2.24) is 18.3 Å². The Morgan fingerprint density at radius 3 is 1.43 bits per heavy atom. The van der Waals surface area contributed by atoms with Crippen molar-refractivity contribution in [2.75, 3.05) is 0 Å². The van der Waals surface area contributed by atoms with Gasteiger partial charge < -0.3 is 18.3 Å². The van der Waals surface area contributed by atoms with E-state index in [-0.39, 0.29) is 0 Å². The molecule has 1 aliphatic heterocycles. The number of aromatic nitrogens is 4. The Hall–Kier alpha value is -5.69. The summed E-state index contributed by atoms with van der Waals surface area (Å²) in [5.41, 5.74) is 12.8. The summed E-state index contributed by atoms with van der Waals surface area (Å²) in [5, 5.41) is 11.0. The summed E-state index contributed by atoms with van der Waals surface area (Å²) in [6, 6.07) is 45.9. The minimum absolute atomic E-state index is 0.429. The van der Waals surface area contributed by atoms with E-state index in [4.69, 9.17) is 0 Å². The predicted octanol–water partition coefficient (Wildman–Crippen LogP) is 13.2. The summed E-state index contributed by atoms with van der Waals surface area (Å²) in [6.07, 6.45) is 3.51. The molecule has 1 atom stereocenters. The minimum atomic E-state index is 0.429. The van der Waals surface area contributed by atoms with Gasteiger partial charge in [0, 0.05) is 135 Å². The van der Waals surface area contributed by atoms with Crippen molar-refractivity contribution in [3.63, 3.8) is 0 Å². The van der Waals surface area contributed by atoms with Gasteiger partial charge in [-0.1, -0.05) is 54.6 Å². The van der Waals surface area contributed by atoms with Gasteiger partial charge in [0.1, 0.15) is 0 Å². The Morgan fingerprint density at radius 2 is 0.870 bits per heavy atom. The van der Waals surface area contributed by atoms with Crippen molar-refractivity contribution >= 4 is 115 Å². The molecule has 5 aromatic heterocycles. The fourth-order valence-electron chi connectivity index (χ4n) is 9.53. The fourth-order valence-corrected chi connectivity index (χ4v) is 12.0. The summed E-state index contributed by atoms with van der Waals surface area (Å²) in [7, 11) is 8.78. The Balaban J connectivity index is 0.873. The summed E-state index contributed by atoms with van der Waals surface area (Å²) >= 11 is 3.97. The van der Waals surface area contributed by atoms with Crippen LogP contribution < -0.4 is 0 Å². The molecule has 1 unspecified atom stereocenters. The van der Waals surface area contributed by atoms with E-state index < -0.39 is 0 Å². The zero-order valence-corrected chi connectivity index (χ0v) is 32.1. The molecule has 11 aromatic rings. The minimum Gasteiger partial charge on any atom is -0.344 e. The zero-order chi connectivity index (χ0) is 36.0. The van der Waals surface area contributed by atoms with Gasteiger partial charge >= 0.3 is 0 Å². The third-order valence-electron chi connectivity index (χ3n) is 12.4. The highest BCUT2D eigenvalue weighted by Gasteiger charge is 2.24. The predicted molar refractivity (Wildman–Crippen MR) is 235 cm³/mol. The molecule has 6 aromatic carbocycles. The molecule has 260 valence electrons. The van der Waals surface area contributed by atoms with Crippen LogP contribution in [0.1, 0.15) is 22.1 Å². The average molecular weight is 733 g/mol. The number of fused-ring (bicyclic) bond motifs is 12. The van der Waals surface area contributed by atoms with Crippen LogP contribution in [0.3, 0.4) is 0 Å². The maximum Gasteiger partial charge on any atom is 0.0496 e. The molecule has 0 bridgehead atoms. The van der Waals surface area contributed by atoms with Gasteiger partial charge in [0.05, 0.1) is 0 Å². The molecule has 0 saturated carbocycles. The van der Waals surface area contributed by atoms with E-state index in [2.05, 4.69) is 174 Å². The van der Waals surface area contributed by atoms with Crippen LogP contribution in [0.4, 0.5) is 0 Å². The third kappa shape index (κ3) is 4.10. The number of thioether (sulfide) groups is 1. The number of para-hydroxylation sites is 2. The monoisotopic (exact) mass is 732 g/mol. The lowest BCUT2D eigenvalue weighted by Crippen LogP contribution is -1.88. The van der Waals surface area contributed by atoms with Crippen LogP contribution in [0.5, 0.6) is 0 Å². The molecule has 0 fully saturated rings. The van der Waals surface area contributed by atoms with Crippen molar-refractivity contribution in [3.05, 3.63) is 138 Å². The van der Waals surface area contributed by atoms with Crippen LogP contribution in [-0.2, 0) is 28.2 Å². The Bertz CT molecular complexity index is 3450. The summed E-state index contributed by atoms with van der Waals surface area (Å²) in [5.74, 6) is 0. The van der Waals surface area contributed by atoms with Gasteiger partial charge in [-0.15, -0.1) is 23.1 Å². The summed E-state index contributed by atoms with van der Waals surface area (Å²) in [4.78, 5) is 4.16. The Morgan fingerprint density at radius 1 is 0.426 bits per heavy atom. The molecular weight excluding hydrogens is 697 g/mol. The highest BCUT2D eigenvalue weighted by atomic mass is 32.2. The van der Waals surface area contributed by atoms with Crippen LogP contribution in [-0.4, -0.2) is 18.3 Å². The van der Waals surface area contributed by atoms with E-state index in [9.17, 15) is 0 Å². The van der Waals surface area contributed by atoms with E-state index in [1.807, 2.05) is 23.1 Å². The van der Waals surface area contributed by atoms with Gasteiger partial charge in [-0.3, -0.25) is 0 Å². The standard InChI is InChI=1S/C48H36N4S2/c1-49-37-11-7-5-9-29(37)33-23-43-35(25-41(33)49)31-21-27(13-15-39(31)51(43)3)45-17-19-47(53-45)48-20-18-46(54-48)28-14-16-40-32(22-28)36-26-42-34(24-44(36)52(40)4)30-10-6-8-12-38(30)50(42)2/h5-19,21-26,48H,20H2,1-4H3. The van der Waals surface area contributed by atoms with Gasteiger partial charge in [-0.2, -0.15) is 0 Å². The Labute approximate surface area is 320 Å². The Kier molecular flexibility index (Phi) is 6.23. The number of aryl methyl sites for hydroxylation is 4. The van der Waals surface area contributed by atoms with Crippen LogP contribution in [0, 0.1) is 0 Å². The van der Waals surface area contributed by atoms with Gasteiger partial charge in [0.25, 0.3) is 0 Å². The number of hydrogen-bond donors (Lipinski definition) is 0. The van der Waals surface area contributed by atoms with Crippen molar-refractivity contribution < 1.29 is 0 Å². The number of thiophene rings is 1.